The van der Waals surface area contributed by atoms with Gasteiger partial charge in [-0.05, 0) is 25.5 Å². The summed E-state index contributed by atoms with van der Waals surface area (Å²) in [4.78, 5) is 11.2. The average Bonchev–Trinajstić information content (AvgIpc) is 2.18. The smallest absolute Gasteiger partial charge is 0.136 e. The number of benzene rings is 1. The van der Waals surface area contributed by atoms with E-state index in [1.807, 2.05) is 18.2 Å². The number of hydrogen-bond acceptors (Lipinski definition) is 2. The van der Waals surface area contributed by atoms with Crippen LogP contribution >= 0.6 is 15.9 Å². The van der Waals surface area contributed by atoms with E-state index in [9.17, 15) is 4.79 Å². The predicted molar refractivity (Wildman–Crippen MR) is 57.5 cm³/mol. The maximum Gasteiger partial charge on any atom is 0.136 e. The van der Waals surface area contributed by atoms with Gasteiger partial charge in [0.05, 0.1) is 12.5 Å². The van der Waals surface area contributed by atoms with Crippen LogP contribution in [0.4, 0.5) is 0 Å². The van der Waals surface area contributed by atoms with Crippen LogP contribution in [0.2, 0.25) is 0 Å². The number of fused-ring (bicyclic) bond motifs is 1. The molecule has 1 aromatic rings. The number of halogens is 1. The molecule has 1 aliphatic heterocycles. The Morgan fingerprint density at radius 3 is 3.07 bits per heavy atom. The first-order valence-electron chi connectivity index (χ1n) is 4.59. The molecule has 0 bridgehead atoms. The fourth-order valence-electron chi connectivity index (χ4n) is 1.63. The van der Waals surface area contributed by atoms with Crippen LogP contribution in [0.15, 0.2) is 22.7 Å². The summed E-state index contributed by atoms with van der Waals surface area (Å²) in [5.41, 5.74) is 1.11. The first-order chi connectivity index (χ1) is 6.68. The molecule has 0 amide bonds. The summed E-state index contributed by atoms with van der Waals surface area (Å²) in [6.45, 7) is 2.13. The Kier molecular flexibility index (Phi) is 2.59. The first kappa shape index (κ1) is 9.71. The van der Waals surface area contributed by atoms with Gasteiger partial charge >= 0.3 is 0 Å². The third-order valence-corrected chi connectivity index (χ3v) is 3.28. The Morgan fingerprint density at radius 1 is 1.57 bits per heavy atom. The van der Waals surface area contributed by atoms with Crippen LogP contribution in [0.3, 0.4) is 0 Å². The van der Waals surface area contributed by atoms with E-state index >= 15 is 0 Å². The minimum Gasteiger partial charge on any atom is -0.493 e. The number of carbonyl (C=O) groups is 1. The zero-order valence-electron chi connectivity index (χ0n) is 7.92. The summed E-state index contributed by atoms with van der Waals surface area (Å²) < 4.78 is 6.56. The van der Waals surface area contributed by atoms with E-state index in [4.69, 9.17) is 4.74 Å². The molecule has 74 valence electrons. The van der Waals surface area contributed by atoms with Crippen molar-refractivity contribution in [3.05, 3.63) is 28.2 Å². The van der Waals surface area contributed by atoms with Gasteiger partial charge in [0.1, 0.15) is 11.5 Å². The summed E-state index contributed by atoms with van der Waals surface area (Å²) in [5, 5.41) is 0. The summed E-state index contributed by atoms with van der Waals surface area (Å²) in [6.07, 6.45) is 0.784. The van der Waals surface area contributed by atoms with E-state index in [1.165, 1.54) is 0 Å². The van der Waals surface area contributed by atoms with Crippen molar-refractivity contribution in [1.82, 2.24) is 0 Å². The van der Waals surface area contributed by atoms with E-state index in [0.717, 1.165) is 22.2 Å². The zero-order chi connectivity index (χ0) is 10.1. The summed E-state index contributed by atoms with van der Waals surface area (Å²) in [5.74, 6) is 1.12. The number of ketones is 1. The van der Waals surface area contributed by atoms with Crippen molar-refractivity contribution in [1.29, 1.82) is 0 Å². The molecule has 0 radical (unpaired) electrons. The highest BCUT2D eigenvalue weighted by Gasteiger charge is 2.24. The fraction of sp³-hybridized carbons (Fsp3) is 0.364. The van der Waals surface area contributed by atoms with E-state index in [1.54, 1.807) is 6.92 Å². The molecule has 14 heavy (non-hydrogen) atoms. The van der Waals surface area contributed by atoms with Crippen molar-refractivity contribution in [2.75, 3.05) is 6.61 Å². The molecule has 1 atom stereocenters. The third-order valence-electron chi connectivity index (χ3n) is 2.54. The lowest BCUT2D eigenvalue weighted by molar-refractivity contribution is -0.121. The van der Waals surface area contributed by atoms with Crippen LogP contribution in [0.1, 0.15) is 12.5 Å². The molecule has 0 aliphatic carbocycles. The Bertz CT molecular complexity index is 374. The normalized spacial score (nSPS) is 19.7. The van der Waals surface area contributed by atoms with Crippen molar-refractivity contribution in [3.8, 4) is 5.75 Å². The van der Waals surface area contributed by atoms with Gasteiger partial charge in [-0.1, -0.05) is 22.0 Å². The van der Waals surface area contributed by atoms with E-state index in [0.29, 0.717) is 6.61 Å². The van der Waals surface area contributed by atoms with Gasteiger partial charge in [-0.2, -0.15) is 0 Å². The number of carbonyl (C=O) groups excluding carboxylic acids is 1. The molecule has 1 unspecified atom stereocenters. The lowest BCUT2D eigenvalue weighted by Gasteiger charge is -2.24. The number of hydrogen-bond donors (Lipinski definition) is 0. The van der Waals surface area contributed by atoms with Crippen LogP contribution < -0.4 is 4.74 Å². The van der Waals surface area contributed by atoms with Gasteiger partial charge in [-0.3, -0.25) is 4.79 Å². The average molecular weight is 255 g/mol. The van der Waals surface area contributed by atoms with Crippen molar-refractivity contribution < 1.29 is 9.53 Å². The molecule has 0 saturated carbocycles. The second kappa shape index (κ2) is 3.73. The lowest BCUT2D eigenvalue weighted by atomic mass is 9.94. The molecule has 3 heteroatoms. The Hall–Kier alpha value is -0.830. The molecule has 1 aromatic carbocycles. The summed E-state index contributed by atoms with van der Waals surface area (Å²) in [6, 6.07) is 5.86. The van der Waals surface area contributed by atoms with Gasteiger partial charge in [-0.15, -0.1) is 0 Å². The van der Waals surface area contributed by atoms with E-state index < -0.39 is 0 Å². The van der Waals surface area contributed by atoms with Crippen molar-refractivity contribution in [2.24, 2.45) is 5.92 Å². The number of Topliss-reactive ketones (excluding diaryl/α,β-unsaturated/α-hetero) is 1. The van der Waals surface area contributed by atoms with Crippen LogP contribution in [-0.2, 0) is 11.2 Å². The molecule has 1 heterocycles. The van der Waals surface area contributed by atoms with Gasteiger partial charge in [0.25, 0.3) is 0 Å². The second-order valence-electron chi connectivity index (χ2n) is 3.54. The Morgan fingerprint density at radius 2 is 2.36 bits per heavy atom. The Labute approximate surface area is 91.4 Å². The molecule has 2 nitrogen and oxygen atoms in total. The highest BCUT2D eigenvalue weighted by molar-refractivity contribution is 9.10. The minimum absolute atomic E-state index is 0.0150. The van der Waals surface area contributed by atoms with Crippen LogP contribution in [-0.4, -0.2) is 12.4 Å². The maximum atomic E-state index is 11.2. The van der Waals surface area contributed by atoms with Crippen molar-refractivity contribution in [2.45, 2.75) is 13.3 Å². The topological polar surface area (TPSA) is 26.3 Å². The molecule has 2 rings (SSSR count). The molecule has 0 N–H and O–H groups in total. The van der Waals surface area contributed by atoms with Gasteiger partial charge in [-0.25, -0.2) is 0 Å². The highest BCUT2D eigenvalue weighted by atomic mass is 79.9. The monoisotopic (exact) mass is 254 g/mol. The molecular formula is C11H11BrO2. The second-order valence-corrected chi connectivity index (χ2v) is 4.39. The van der Waals surface area contributed by atoms with Crippen LogP contribution in [0.25, 0.3) is 0 Å². The van der Waals surface area contributed by atoms with Gasteiger partial charge < -0.3 is 4.74 Å². The van der Waals surface area contributed by atoms with Crippen molar-refractivity contribution >= 4 is 21.7 Å². The molecule has 0 spiro atoms. The highest BCUT2D eigenvalue weighted by Crippen LogP contribution is 2.33. The van der Waals surface area contributed by atoms with Crippen LogP contribution in [0.5, 0.6) is 5.75 Å². The third kappa shape index (κ3) is 1.69. The van der Waals surface area contributed by atoms with Crippen LogP contribution in [0, 0.1) is 5.92 Å². The maximum absolute atomic E-state index is 11.2. The molecular weight excluding hydrogens is 244 g/mol. The van der Waals surface area contributed by atoms with Crippen molar-refractivity contribution in [3.63, 3.8) is 0 Å². The molecule has 0 fully saturated rings. The quantitative estimate of drug-likeness (QED) is 0.770. The van der Waals surface area contributed by atoms with E-state index in [2.05, 4.69) is 15.9 Å². The number of rotatable bonds is 1. The largest absolute Gasteiger partial charge is 0.493 e. The van der Waals surface area contributed by atoms with Gasteiger partial charge in [0.2, 0.25) is 0 Å². The molecule has 0 aromatic heterocycles. The lowest BCUT2D eigenvalue weighted by Crippen LogP contribution is -2.26. The van der Waals surface area contributed by atoms with E-state index in [-0.39, 0.29) is 11.7 Å². The molecule has 0 saturated heterocycles. The minimum atomic E-state index is 0.0150. The zero-order valence-corrected chi connectivity index (χ0v) is 9.50. The SMILES string of the molecule is CC(=O)C1COc2cccc(Br)c2C1. The van der Waals surface area contributed by atoms with Gasteiger partial charge in [0.15, 0.2) is 0 Å². The predicted octanol–water partition coefficient (Wildman–Crippen LogP) is 2.59. The Balaban J connectivity index is 2.33. The number of ether oxygens (including phenoxy) is 1. The summed E-state index contributed by atoms with van der Waals surface area (Å²) in [7, 11) is 0. The van der Waals surface area contributed by atoms with Gasteiger partial charge in [0, 0.05) is 10.0 Å². The fourth-order valence-corrected chi connectivity index (χ4v) is 2.14. The first-order valence-corrected chi connectivity index (χ1v) is 5.38. The standard InChI is InChI=1S/C11H11BrO2/c1-7(13)8-5-9-10(12)3-2-4-11(9)14-6-8/h2-4,8H,5-6H2,1H3. The molecule has 1 aliphatic rings. The summed E-state index contributed by atoms with van der Waals surface area (Å²) >= 11 is 3.47.